The minimum Gasteiger partial charge on any atom is -0.352 e. The molecule has 1 saturated carbocycles. The van der Waals surface area contributed by atoms with E-state index in [0.29, 0.717) is 24.3 Å². The number of carbonyl (C=O) groups is 1. The molecule has 2 aromatic rings. The molecule has 0 spiro atoms. The van der Waals surface area contributed by atoms with E-state index in [4.69, 9.17) is 4.98 Å². The van der Waals surface area contributed by atoms with Gasteiger partial charge in [-0.1, -0.05) is 49.7 Å². The van der Waals surface area contributed by atoms with Crippen LogP contribution in [0.15, 0.2) is 29.3 Å². The summed E-state index contributed by atoms with van der Waals surface area (Å²) in [6.07, 6.45) is 4.81. The predicted molar refractivity (Wildman–Crippen MR) is 107 cm³/mol. The summed E-state index contributed by atoms with van der Waals surface area (Å²) >= 11 is 1.51. The van der Waals surface area contributed by atoms with E-state index in [0.717, 1.165) is 28.2 Å². The molecule has 1 aliphatic rings. The Morgan fingerprint density at radius 1 is 1.23 bits per heavy atom. The van der Waals surface area contributed by atoms with Crippen molar-refractivity contribution in [3.8, 4) is 0 Å². The highest BCUT2D eigenvalue weighted by Gasteiger charge is 2.23. The average molecular weight is 373 g/mol. The molecule has 26 heavy (non-hydrogen) atoms. The minimum absolute atomic E-state index is 0.102. The number of nitrogens with one attached hydrogen (secondary N) is 1. The summed E-state index contributed by atoms with van der Waals surface area (Å²) in [5.41, 5.74) is 0.933. The smallest absolute Gasteiger partial charge is 0.230 e. The second-order valence-electron chi connectivity index (χ2n) is 7.42. The van der Waals surface area contributed by atoms with E-state index < -0.39 is 0 Å². The van der Waals surface area contributed by atoms with Gasteiger partial charge in [-0.2, -0.15) is 0 Å². The third-order valence-electron chi connectivity index (χ3n) is 4.87. The molecule has 2 atom stereocenters. The number of hydrogen-bond acceptors (Lipinski definition) is 5. The first-order valence-corrected chi connectivity index (χ1v) is 10.3. The van der Waals surface area contributed by atoms with Crippen LogP contribution in [0.5, 0.6) is 0 Å². The Morgan fingerprint density at radius 3 is 2.77 bits per heavy atom. The van der Waals surface area contributed by atoms with Gasteiger partial charge in [-0.05, 0) is 38.9 Å². The van der Waals surface area contributed by atoms with Crippen LogP contribution in [0.3, 0.4) is 0 Å². The molecular weight excluding hydrogens is 344 g/mol. The molecule has 0 saturated heterocycles. The molecule has 1 amide bonds. The standard InChI is InChI=1S/C20H28N4OS/c1-14-8-4-6-10-16(14)22-19(25)13-26-20-15-9-5-7-11-17(15)21-18(23-20)12-24(2)3/h5,7,9,11,14,16H,4,6,8,10,12-13H2,1-3H3,(H,22,25)/t14-,16+/m0/s1. The van der Waals surface area contributed by atoms with E-state index in [1.807, 2.05) is 38.4 Å². The Kier molecular flexibility index (Phi) is 6.48. The fourth-order valence-electron chi connectivity index (χ4n) is 3.47. The number of aromatic nitrogens is 2. The number of amides is 1. The minimum atomic E-state index is 0.102. The number of hydrogen-bond donors (Lipinski definition) is 1. The quantitative estimate of drug-likeness (QED) is 0.621. The zero-order valence-corrected chi connectivity index (χ0v) is 16.7. The van der Waals surface area contributed by atoms with Gasteiger partial charge in [0, 0.05) is 11.4 Å². The lowest BCUT2D eigenvalue weighted by molar-refractivity contribution is -0.119. The number of rotatable bonds is 6. The van der Waals surface area contributed by atoms with Gasteiger partial charge in [0.05, 0.1) is 17.8 Å². The van der Waals surface area contributed by atoms with Crippen molar-refractivity contribution in [3.05, 3.63) is 30.1 Å². The van der Waals surface area contributed by atoms with Crippen LogP contribution in [-0.2, 0) is 11.3 Å². The summed E-state index contributed by atoms with van der Waals surface area (Å²) in [5, 5.41) is 5.12. The Labute approximate surface area is 160 Å². The lowest BCUT2D eigenvalue weighted by Gasteiger charge is -2.29. The number of para-hydroxylation sites is 1. The van der Waals surface area contributed by atoms with Gasteiger partial charge in [0.1, 0.15) is 10.9 Å². The molecule has 1 aromatic carbocycles. The Bertz CT molecular complexity index is 765. The van der Waals surface area contributed by atoms with Crippen molar-refractivity contribution in [3.63, 3.8) is 0 Å². The highest BCUT2D eigenvalue weighted by Crippen LogP contribution is 2.26. The van der Waals surface area contributed by atoms with Crippen LogP contribution in [0.2, 0.25) is 0 Å². The normalized spacial score (nSPS) is 20.5. The number of fused-ring (bicyclic) bond motifs is 1. The van der Waals surface area contributed by atoms with E-state index in [9.17, 15) is 4.79 Å². The molecule has 1 aliphatic carbocycles. The summed E-state index contributed by atoms with van der Waals surface area (Å²) < 4.78 is 0. The van der Waals surface area contributed by atoms with E-state index >= 15 is 0 Å². The van der Waals surface area contributed by atoms with Crippen LogP contribution in [0.4, 0.5) is 0 Å². The van der Waals surface area contributed by atoms with E-state index in [2.05, 4.69) is 22.1 Å². The summed E-state index contributed by atoms with van der Waals surface area (Å²) in [7, 11) is 4.01. The topological polar surface area (TPSA) is 58.1 Å². The SMILES string of the molecule is C[C@H]1CCCC[C@H]1NC(=O)CSc1nc(CN(C)C)nc2ccccc12. The van der Waals surface area contributed by atoms with E-state index in [1.165, 1.54) is 31.0 Å². The van der Waals surface area contributed by atoms with Gasteiger partial charge in [0.2, 0.25) is 5.91 Å². The summed E-state index contributed by atoms with van der Waals surface area (Å²) in [4.78, 5) is 23.8. The maximum atomic E-state index is 12.4. The first-order chi connectivity index (χ1) is 12.5. The molecule has 0 aliphatic heterocycles. The fraction of sp³-hybridized carbons (Fsp3) is 0.550. The van der Waals surface area contributed by atoms with Crippen LogP contribution in [-0.4, -0.2) is 46.7 Å². The molecule has 1 N–H and O–H groups in total. The van der Waals surface area contributed by atoms with Gasteiger partial charge in [0.15, 0.2) is 0 Å². The molecule has 140 valence electrons. The van der Waals surface area contributed by atoms with Crippen molar-refractivity contribution in [1.82, 2.24) is 20.2 Å². The lowest BCUT2D eigenvalue weighted by atomic mass is 9.86. The summed E-state index contributed by atoms with van der Waals surface area (Å²) in [6, 6.07) is 8.33. The fourth-order valence-corrected chi connectivity index (χ4v) is 4.32. The second-order valence-corrected chi connectivity index (χ2v) is 8.39. The lowest BCUT2D eigenvalue weighted by Crippen LogP contribution is -2.41. The zero-order valence-electron chi connectivity index (χ0n) is 15.9. The van der Waals surface area contributed by atoms with Crippen LogP contribution >= 0.6 is 11.8 Å². The van der Waals surface area contributed by atoms with Gasteiger partial charge in [-0.25, -0.2) is 9.97 Å². The molecule has 0 bridgehead atoms. The summed E-state index contributed by atoms with van der Waals surface area (Å²) in [5.74, 6) is 1.86. The van der Waals surface area contributed by atoms with Crippen molar-refractivity contribution in [2.75, 3.05) is 19.8 Å². The summed E-state index contributed by atoms with van der Waals surface area (Å²) in [6.45, 7) is 2.92. The molecule has 3 rings (SSSR count). The van der Waals surface area contributed by atoms with E-state index in [1.54, 1.807) is 0 Å². The van der Waals surface area contributed by atoms with Crippen LogP contribution in [0, 0.1) is 5.92 Å². The van der Waals surface area contributed by atoms with Crippen molar-refractivity contribution >= 4 is 28.6 Å². The molecule has 5 nitrogen and oxygen atoms in total. The van der Waals surface area contributed by atoms with Crippen molar-refractivity contribution < 1.29 is 4.79 Å². The first-order valence-electron chi connectivity index (χ1n) is 9.35. The van der Waals surface area contributed by atoms with Crippen LogP contribution in [0.25, 0.3) is 10.9 Å². The number of carbonyl (C=O) groups excluding carboxylic acids is 1. The molecule has 6 heteroatoms. The zero-order chi connectivity index (χ0) is 18.5. The molecular formula is C20H28N4OS. The van der Waals surface area contributed by atoms with Crippen molar-refractivity contribution in [2.24, 2.45) is 5.92 Å². The molecule has 1 heterocycles. The molecule has 0 unspecified atom stereocenters. The second kappa shape index (κ2) is 8.82. The molecule has 0 radical (unpaired) electrons. The van der Waals surface area contributed by atoms with Crippen LogP contribution in [0.1, 0.15) is 38.4 Å². The first kappa shape index (κ1) is 19.1. The Balaban J connectivity index is 1.70. The Hall–Kier alpha value is -1.66. The maximum Gasteiger partial charge on any atom is 0.230 e. The highest BCUT2D eigenvalue weighted by atomic mass is 32.2. The van der Waals surface area contributed by atoms with Gasteiger partial charge in [-0.3, -0.25) is 4.79 Å². The molecule has 1 aromatic heterocycles. The van der Waals surface area contributed by atoms with Crippen LogP contribution < -0.4 is 5.32 Å². The van der Waals surface area contributed by atoms with Gasteiger partial charge < -0.3 is 10.2 Å². The predicted octanol–water partition coefficient (Wildman–Crippen LogP) is 3.48. The van der Waals surface area contributed by atoms with E-state index in [-0.39, 0.29) is 5.91 Å². The van der Waals surface area contributed by atoms with Gasteiger partial charge >= 0.3 is 0 Å². The number of nitrogens with zero attached hydrogens (tertiary/aromatic N) is 3. The third kappa shape index (κ3) is 4.95. The largest absolute Gasteiger partial charge is 0.352 e. The molecule has 1 fully saturated rings. The number of thioether (sulfide) groups is 1. The average Bonchev–Trinajstić information content (AvgIpc) is 2.61. The highest BCUT2D eigenvalue weighted by molar-refractivity contribution is 8.00. The maximum absolute atomic E-state index is 12.4. The van der Waals surface area contributed by atoms with Gasteiger partial charge in [-0.15, -0.1) is 0 Å². The number of benzene rings is 1. The van der Waals surface area contributed by atoms with Crippen molar-refractivity contribution in [1.29, 1.82) is 0 Å². The van der Waals surface area contributed by atoms with Gasteiger partial charge in [0.25, 0.3) is 0 Å². The van der Waals surface area contributed by atoms with Crippen molar-refractivity contribution in [2.45, 2.75) is 50.2 Å². The monoisotopic (exact) mass is 372 g/mol. The Morgan fingerprint density at radius 2 is 2.00 bits per heavy atom. The third-order valence-corrected chi connectivity index (χ3v) is 5.86.